The van der Waals surface area contributed by atoms with Crippen LogP contribution in [0.15, 0.2) is 112 Å². The normalized spacial score (nSPS) is 11.1. The third-order valence-corrected chi connectivity index (χ3v) is 20.3. The van der Waals surface area contributed by atoms with Gasteiger partial charge in [0, 0.05) is 36.5 Å². The standard InChI is InChI=1S/C87H129O16P/c1-10-82(88)95-64-46-34-22-16-28-40-52-73-58-61-79(70(7)76(73)55-43-31-19-25-37-49-67-98-85(91)13-4)101-104(94,102-80-62-59-74(53-41-29-17-23-35-47-65-96-83(89)11-2)77(71(80)8)56-44-32-20-26-38-50-68-99-86(92)14-5)103-81-63-60-75(54-42-30-18-24-36-48-66-97-84(90)12-3)78(72(81)9)57-45-33-21-27-39-51-69-100-87(93)15-6/h10-15,58-63H,1-6,16-57,64-69H2,7-9H3. The number of hydrogen-bond donors (Lipinski definition) is 0. The number of hydrogen-bond acceptors (Lipinski definition) is 16. The van der Waals surface area contributed by atoms with Crippen molar-refractivity contribution < 1.29 is 75.3 Å². The van der Waals surface area contributed by atoms with E-state index in [2.05, 4.69) is 78.4 Å². The summed E-state index contributed by atoms with van der Waals surface area (Å²) in [5, 5.41) is 0. The lowest BCUT2D eigenvalue weighted by Gasteiger charge is -2.25. The number of benzene rings is 3. The van der Waals surface area contributed by atoms with Crippen molar-refractivity contribution in [2.75, 3.05) is 39.6 Å². The Morgan fingerprint density at radius 2 is 0.423 bits per heavy atom. The first-order valence-corrected chi connectivity index (χ1v) is 40.8. The van der Waals surface area contributed by atoms with E-state index in [1.165, 1.54) is 69.8 Å². The predicted octanol–water partition coefficient (Wildman–Crippen LogP) is 21.9. The molecule has 3 aromatic rings. The van der Waals surface area contributed by atoms with Crippen molar-refractivity contribution in [2.24, 2.45) is 0 Å². The van der Waals surface area contributed by atoms with E-state index < -0.39 is 43.6 Å². The van der Waals surface area contributed by atoms with Crippen LogP contribution in [0.4, 0.5) is 0 Å². The Hall–Kier alpha value is -7.45. The van der Waals surface area contributed by atoms with Gasteiger partial charge >= 0.3 is 43.6 Å². The highest BCUT2D eigenvalue weighted by Gasteiger charge is 2.36. The van der Waals surface area contributed by atoms with Crippen LogP contribution in [-0.4, -0.2) is 75.5 Å². The lowest BCUT2D eigenvalue weighted by molar-refractivity contribution is -0.138. The number of ether oxygens (including phenoxy) is 6. The summed E-state index contributed by atoms with van der Waals surface area (Å²) in [5.41, 5.74) is 9.94. The van der Waals surface area contributed by atoms with Crippen molar-refractivity contribution in [3.8, 4) is 17.2 Å². The smallest absolute Gasteiger partial charge is 0.463 e. The van der Waals surface area contributed by atoms with Crippen LogP contribution in [0.1, 0.15) is 281 Å². The second kappa shape index (κ2) is 57.8. The molecular formula is C87H129O16P. The molecule has 0 saturated heterocycles. The second-order valence-corrected chi connectivity index (χ2v) is 28.6. The molecule has 0 saturated carbocycles. The molecule has 0 aliphatic rings. The van der Waals surface area contributed by atoms with Gasteiger partial charge in [0.1, 0.15) is 17.2 Å². The van der Waals surface area contributed by atoms with Gasteiger partial charge in [0.15, 0.2) is 0 Å². The van der Waals surface area contributed by atoms with Crippen LogP contribution < -0.4 is 13.6 Å². The van der Waals surface area contributed by atoms with Gasteiger partial charge in [-0.2, -0.15) is 4.57 Å². The number of carbonyl (C=O) groups is 6. The Morgan fingerprint density at radius 1 is 0.260 bits per heavy atom. The summed E-state index contributed by atoms with van der Waals surface area (Å²) in [6.45, 7) is 29.5. The monoisotopic (exact) mass is 1460 g/mol. The predicted molar refractivity (Wildman–Crippen MR) is 418 cm³/mol. The molecule has 0 fully saturated rings. The number of carbonyl (C=O) groups excluding carboxylic acids is 6. The molecule has 17 heteroatoms. The van der Waals surface area contributed by atoms with E-state index in [1.807, 2.05) is 18.2 Å². The number of phosphoric acid groups is 1. The maximum atomic E-state index is 16.5. The van der Waals surface area contributed by atoms with E-state index in [0.29, 0.717) is 56.9 Å². The first kappa shape index (κ1) is 90.8. The van der Waals surface area contributed by atoms with Gasteiger partial charge in [-0.3, -0.25) is 0 Å². The van der Waals surface area contributed by atoms with E-state index in [-0.39, 0.29) is 0 Å². The van der Waals surface area contributed by atoms with E-state index >= 15 is 4.57 Å². The number of rotatable bonds is 66. The van der Waals surface area contributed by atoms with E-state index in [9.17, 15) is 28.8 Å². The number of esters is 6. The molecule has 3 aromatic carbocycles. The molecule has 578 valence electrons. The molecule has 104 heavy (non-hydrogen) atoms. The van der Waals surface area contributed by atoms with Gasteiger partial charge in [0.25, 0.3) is 0 Å². The van der Waals surface area contributed by atoms with Crippen LogP contribution in [0.5, 0.6) is 17.2 Å². The highest BCUT2D eigenvalue weighted by molar-refractivity contribution is 7.49. The van der Waals surface area contributed by atoms with E-state index in [4.69, 9.17) is 42.0 Å². The topological polar surface area (TPSA) is 203 Å². The molecule has 0 heterocycles. The first-order valence-electron chi connectivity index (χ1n) is 39.3. The molecule has 3 rings (SSSR count). The van der Waals surface area contributed by atoms with Gasteiger partial charge in [0.2, 0.25) is 0 Å². The summed E-state index contributed by atoms with van der Waals surface area (Å²) in [7, 11) is -4.60. The van der Waals surface area contributed by atoms with Gasteiger partial charge in [-0.05, 0) is 205 Å². The molecule has 0 radical (unpaired) electrons. The molecule has 0 spiro atoms. The Labute approximate surface area is 625 Å². The largest absolute Gasteiger partial charge is 0.647 e. The summed E-state index contributed by atoms with van der Waals surface area (Å²) in [4.78, 5) is 69.5. The van der Waals surface area contributed by atoms with Gasteiger partial charge in [-0.25, -0.2) is 28.8 Å². The SMILES string of the molecule is C=CC(=O)OCCCCCCCCc1ccc(OP(=O)(Oc2ccc(CCCCCCCCOC(=O)C=C)c(CCCCCCCCOC(=O)C=C)c2C)Oc2ccc(CCCCCCCCOC(=O)C=C)c(CCCCCCCCOC(=O)C=C)c2C)c(C)c1CCCCCCCCOC(=O)C=C. The molecule has 0 unspecified atom stereocenters. The molecule has 0 aliphatic heterocycles. The van der Waals surface area contributed by atoms with Crippen LogP contribution >= 0.6 is 7.82 Å². The summed E-state index contributed by atoms with van der Waals surface area (Å²) < 4.78 is 68.5. The van der Waals surface area contributed by atoms with Crippen molar-refractivity contribution in [3.63, 3.8) is 0 Å². The lowest BCUT2D eigenvalue weighted by Crippen LogP contribution is -2.12. The fourth-order valence-corrected chi connectivity index (χ4v) is 14.4. The fourth-order valence-electron chi connectivity index (χ4n) is 12.9. The minimum Gasteiger partial charge on any atom is -0.463 e. The summed E-state index contributed by atoms with van der Waals surface area (Å²) >= 11 is 0. The Balaban J connectivity index is 2.12. The Morgan fingerprint density at radius 3 is 0.606 bits per heavy atom. The summed E-state index contributed by atoms with van der Waals surface area (Å²) in [6.07, 6.45) is 47.3. The number of phosphoric ester groups is 1. The Bertz CT molecular complexity index is 2780. The van der Waals surface area contributed by atoms with Crippen molar-refractivity contribution in [2.45, 2.75) is 290 Å². The van der Waals surface area contributed by atoms with Gasteiger partial charge in [-0.15, -0.1) is 0 Å². The summed E-state index contributed by atoms with van der Waals surface area (Å²) in [6, 6.07) is 12.2. The van der Waals surface area contributed by atoms with Gasteiger partial charge < -0.3 is 42.0 Å². The maximum absolute atomic E-state index is 16.5. The van der Waals surface area contributed by atoms with Crippen LogP contribution in [0, 0.1) is 20.8 Å². The highest BCUT2D eigenvalue weighted by atomic mass is 31.2. The lowest BCUT2D eigenvalue weighted by atomic mass is 9.92. The zero-order valence-corrected chi connectivity index (χ0v) is 65.0. The molecule has 0 amide bonds. The molecule has 16 nitrogen and oxygen atoms in total. The second-order valence-electron chi connectivity index (χ2n) is 27.2. The molecule has 0 atom stereocenters. The minimum atomic E-state index is -4.60. The fraction of sp³-hybridized carbons (Fsp3) is 0.586. The van der Waals surface area contributed by atoms with Gasteiger partial charge in [-0.1, -0.05) is 212 Å². The number of unbranched alkanes of at least 4 members (excludes halogenated alkanes) is 30. The van der Waals surface area contributed by atoms with E-state index in [0.717, 1.165) is 286 Å². The van der Waals surface area contributed by atoms with Crippen LogP contribution in [-0.2, 0) is 100 Å². The maximum Gasteiger partial charge on any atom is 0.647 e. The van der Waals surface area contributed by atoms with Crippen molar-refractivity contribution in [1.29, 1.82) is 0 Å². The minimum absolute atomic E-state index is 0.383. The van der Waals surface area contributed by atoms with Gasteiger partial charge in [0.05, 0.1) is 39.6 Å². The average molecular weight is 1460 g/mol. The molecule has 0 aliphatic carbocycles. The molecule has 0 bridgehead atoms. The third kappa shape index (κ3) is 40.7. The zero-order chi connectivity index (χ0) is 75.7. The van der Waals surface area contributed by atoms with Crippen molar-refractivity contribution in [3.05, 3.63) is 162 Å². The summed E-state index contributed by atoms with van der Waals surface area (Å²) in [5.74, 6) is -1.06. The van der Waals surface area contributed by atoms with Crippen molar-refractivity contribution in [1.82, 2.24) is 0 Å². The first-order chi connectivity index (χ1) is 50.5. The molecule has 0 N–H and O–H groups in total. The average Bonchev–Trinajstić information content (AvgIpc) is 0.786. The molecule has 0 aromatic heterocycles. The zero-order valence-electron chi connectivity index (χ0n) is 64.1. The quantitative estimate of drug-likeness (QED) is 0.0170. The van der Waals surface area contributed by atoms with Crippen LogP contribution in [0.3, 0.4) is 0 Å². The Kier molecular flexibility index (Phi) is 50.5. The van der Waals surface area contributed by atoms with E-state index in [1.54, 1.807) is 0 Å². The third-order valence-electron chi connectivity index (χ3n) is 19.0. The number of aryl methyl sites for hydroxylation is 3. The van der Waals surface area contributed by atoms with Crippen molar-refractivity contribution >= 4 is 43.6 Å². The highest BCUT2D eigenvalue weighted by Crippen LogP contribution is 2.53. The van der Waals surface area contributed by atoms with Crippen LogP contribution in [0.25, 0.3) is 0 Å². The molecular weight excluding hydrogens is 1330 g/mol. The van der Waals surface area contributed by atoms with Crippen LogP contribution in [0.2, 0.25) is 0 Å².